The Labute approximate surface area is 133 Å². The summed E-state index contributed by atoms with van der Waals surface area (Å²) in [5.74, 6) is 0.792. The maximum atomic E-state index is 5.42. The molecule has 0 unspecified atom stereocenters. The molecule has 0 aliphatic carbocycles. The third-order valence-corrected chi connectivity index (χ3v) is 3.37. The summed E-state index contributed by atoms with van der Waals surface area (Å²) in [5, 5.41) is 10.9. The number of ether oxygens (including phenoxy) is 2. The Morgan fingerprint density at radius 2 is 2.00 bits per heavy atom. The topological polar surface area (TPSA) is 72.7 Å². The standard InChI is InChI=1S/C15H29N5O2/c1-6-16-15(17-7-8-22-10-9-21-5)18-11-14-12(2)19-20(4)13(14)3/h6-11H2,1-5H3,(H2,16,17,18). The zero-order valence-electron chi connectivity index (χ0n) is 14.4. The van der Waals surface area contributed by atoms with Gasteiger partial charge in [0, 0.05) is 38.5 Å². The smallest absolute Gasteiger partial charge is 0.191 e. The van der Waals surface area contributed by atoms with E-state index in [2.05, 4.69) is 27.6 Å². The molecule has 7 nitrogen and oxygen atoms in total. The number of aliphatic imine (C=N–C) groups is 1. The maximum Gasteiger partial charge on any atom is 0.191 e. The Kier molecular flexibility index (Phi) is 8.54. The molecule has 126 valence electrons. The van der Waals surface area contributed by atoms with Gasteiger partial charge in [0.2, 0.25) is 0 Å². The number of hydrogen-bond donors (Lipinski definition) is 2. The Bertz CT molecular complexity index is 471. The van der Waals surface area contributed by atoms with Gasteiger partial charge in [0.15, 0.2) is 5.96 Å². The van der Waals surface area contributed by atoms with Gasteiger partial charge in [-0.1, -0.05) is 0 Å². The summed E-state index contributed by atoms with van der Waals surface area (Å²) >= 11 is 0. The van der Waals surface area contributed by atoms with Crippen molar-refractivity contribution in [2.45, 2.75) is 27.3 Å². The highest BCUT2D eigenvalue weighted by atomic mass is 16.5. The van der Waals surface area contributed by atoms with E-state index in [0.29, 0.717) is 32.9 Å². The molecule has 1 rings (SSSR count). The van der Waals surface area contributed by atoms with Crippen molar-refractivity contribution in [3.05, 3.63) is 17.0 Å². The minimum atomic E-state index is 0.611. The lowest BCUT2D eigenvalue weighted by Gasteiger charge is -2.11. The van der Waals surface area contributed by atoms with E-state index in [1.54, 1.807) is 7.11 Å². The molecule has 0 saturated heterocycles. The number of aryl methyl sites for hydroxylation is 2. The summed E-state index contributed by atoms with van der Waals surface area (Å²) in [5.41, 5.74) is 3.36. The van der Waals surface area contributed by atoms with E-state index in [1.165, 1.54) is 5.56 Å². The van der Waals surface area contributed by atoms with Crippen LogP contribution in [0, 0.1) is 13.8 Å². The quantitative estimate of drug-likeness (QED) is 0.400. The van der Waals surface area contributed by atoms with Crippen LogP contribution in [-0.4, -0.2) is 55.8 Å². The molecule has 0 aliphatic rings. The monoisotopic (exact) mass is 311 g/mol. The molecule has 2 N–H and O–H groups in total. The Hall–Kier alpha value is -1.60. The molecule has 0 saturated carbocycles. The minimum absolute atomic E-state index is 0.611. The molecule has 0 amide bonds. The summed E-state index contributed by atoms with van der Waals surface area (Å²) in [6, 6.07) is 0. The van der Waals surface area contributed by atoms with Crippen molar-refractivity contribution in [1.82, 2.24) is 20.4 Å². The van der Waals surface area contributed by atoms with Gasteiger partial charge in [-0.3, -0.25) is 4.68 Å². The highest BCUT2D eigenvalue weighted by Crippen LogP contribution is 2.12. The van der Waals surface area contributed by atoms with Gasteiger partial charge in [-0.2, -0.15) is 5.10 Å². The molecule has 0 aromatic carbocycles. The number of hydrogen-bond acceptors (Lipinski definition) is 4. The Morgan fingerprint density at radius 3 is 2.59 bits per heavy atom. The van der Waals surface area contributed by atoms with Crippen molar-refractivity contribution in [1.29, 1.82) is 0 Å². The molecule has 0 aliphatic heterocycles. The van der Waals surface area contributed by atoms with Crippen LogP contribution in [0.1, 0.15) is 23.9 Å². The van der Waals surface area contributed by atoms with Gasteiger partial charge in [-0.25, -0.2) is 4.99 Å². The molecule has 0 atom stereocenters. The van der Waals surface area contributed by atoms with Crippen LogP contribution in [0.2, 0.25) is 0 Å². The van der Waals surface area contributed by atoms with Crippen molar-refractivity contribution in [3.8, 4) is 0 Å². The summed E-state index contributed by atoms with van der Waals surface area (Å²) in [6.45, 7) is 10.1. The number of nitrogens with one attached hydrogen (secondary N) is 2. The van der Waals surface area contributed by atoms with Crippen LogP contribution >= 0.6 is 0 Å². The zero-order chi connectivity index (χ0) is 16.4. The fraction of sp³-hybridized carbons (Fsp3) is 0.733. The van der Waals surface area contributed by atoms with Crippen LogP contribution in [0.3, 0.4) is 0 Å². The average molecular weight is 311 g/mol. The summed E-state index contributed by atoms with van der Waals surface area (Å²) in [6.07, 6.45) is 0. The minimum Gasteiger partial charge on any atom is -0.382 e. The van der Waals surface area contributed by atoms with Gasteiger partial charge in [0.1, 0.15) is 0 Å². The van der Waals surface area contributed by atoms with Crippen LogP contribution in [0.5, 0.6) is 0 Å². The third kappa shape index (κ3) is 6.03. The highest BCUT2D eigenvalue weighted by Gasteiger charge is 2.08. The fourth-order valence-electron chi connectivity index (χ4n) is 2.03. The van der Waals surface area contributed by atoms with E-state index in [9.17, 15) is 0 Å². The molecular weight excluding hydrogens is 282 g/mol. The van der Waals surface area contributed by atoms with Crippen LogP contribution in [0.15, 0.2) is 4.99 Å². The number of aromatic nitrogens is 2. The van der Waals surface area contributed by atoms with Crippen molar-refractivity contribution in [3.63, 3.8) is 0 Å². The van der Waals surface area contributed by atoms with E-state index >= 15 is 0 Å². The van der Waals surface area contributed by atoms with Crippen molar-refractivity contribution >= 4 is 5.96 Å². The normalized spacial score (nSPS) is 11.8. The largest absolute Gasteiger partial charge is 0.382 e. The first-order valence-corrected chi connectivity index (χ1v) is 7.68. The SMILES string of the molecule is CCNC(=NCc1c(C)nn(C)c1C)NCCOCCOC. The molecule has 0 bridgehead atoms. The fourth-order valence-corrected chi connectivity index (χ4v) is 2.03. The van der Waals surface area contributed by atoms with E-state index in [4.69, 9.17) is 9.47 Å². The number of nitrogens with zero attached hydrogens (tertiary/aromatic N) is 3. The van der Waals surface area contributed by atoms with Gasteiger partial charge in [0.05, 0.1) is 32.1 Å². The van der Waals surface area contributed by atoms with Crippen LogP contribution in [-0.2, 0) is 23.1 Å². The number of rotatable bonds is 9. The summed E-state index contributed by atoms with van der Waals surface area (Å²) < 4.78 is 12.2. The highest BCUT2D eigenvalue weighted by molar-refractivity contribution is 5.79. The predicted octanol–water partition coefficient (Wildman–Crippen LogP) is 0.755. The molecule has 1 heterocycles. The zero-order valence-corrected chi connectivity index (χ0v) is 14.4. The first kappa shape index (κ1) is 18.4. The van der Waals surface area contributed by atoms with Gasteiger partial charge in [-0.05, 0) is 20.8 Å². The average Bonchev–Trinajstić information content (AvgIpc) is 2.73. The van der Waals surface area contributed by atoms with E-state index in [0.717, 1.165) is 23.9 Å². The molecule has 22 heavy (non-hydrogen) atoms. The molecule has 7 heteroatoms. The van der Waals surface area contributed by atoms with Gasteiger partial charge in [0.25, 0.3) is 0 Å². The Balaban J connectivity index is 2.48. The molecule has 1 aromatic rings. The Morgan fingerprint density at radius 1 is 1.23 bits per heavy atom. The number of methoxy groups -OCH3 is 1. The van der Waals surface area contributed by atoms with Crippen LogP contribution in [0.25, 0.3) is 0 Å². The van der Waals surface area contributed by atoms with Gasteiger partial charge >= 0.3 is 0 Å². The van der Waals surface area contributed by atoms with Crippen molar-refractivity contribution < 1.29 is 9.47 Å². The van der Waals surface area contributed by atoms with E-state index in [1.807, 2.05) is 25.6 Å². The van der Waals surface area contributed by atoms with Crippen LogP contribution < -0.4 is 10.6 Å². The lowest BCUT2D eigenvalue weighted by Crippen LogP contribution is -2.39. The molecule has 0 fully saturated rings. The lowest BCUT2D eigenvalue weighted by molar-refractivity contribution is 0.0733. The maximum absolute atomic E-state index is 5.42. The van der Waals surface area contributed by atoms with Gasteiger partial charge < -0.3 is 20.1 Å². The summed E-state index contributed by atoms with van der Waals surface area (Å²) in [4.78, 5) is 4.61. The second-order valence-corrected chi connectivity index (χ2v) is 5.00. The first-order chi connectivity index (χ1) is 10.6. The molecule has 0 spiro atoms. The lowest BCUT2D eigenvalue weighted by atomic mass is 10.2. The number of guanidine groups is 1. The third-order valence-electron chi connectivity index (χ3n) is 3.37. The molecule has 1 aromatic heterocycles. The van der Waals surface area contributed by atoms with Gasteiger partial charge in [-0.15, -0.1) is 0 Å². The van der Waals surface area contributed by atoms with Crippen molar-refractivity contribution in [2.75, 3.05) is 40.0 Å². The van der Waals surface area contributed by atoms with E-state index < -0.39 is 0 Å². The van der Waals surface area contributed by atoms with E-state index in [-0.39, 0.29) is 0 Å². The first-order valence-electron chi connectivity index (χ1n) is 7.68. The predicted molar refractivity (Wildman–Crippen MR) is 88.2 cm³/mol. The second kappa shape index (κ2) is 10.2. The second-order valence-electron chi connectivity index (χ2n) is 5.00. The van der Waals surface area contributed by atoms with Crippen molar-refractivity contribution in [2.24, 2.45) is 12.0 Å². The molecular formula is C15H29N5O2. The van der Waals surface area contributed by atoms with Crippen LogP contribution in [0.4, 0.5) is 0 Å². The molecule has 0 radical (unpaired) electrons. The summed E-state index contributed by atoms with van der Waals surface area (Å²) in [7, 11) is 3.62.